The second-order valence-electron chi connectivity index (χ2n) is 9.10. The topological polar surface area (TPSA) is 32.8 Å². The van der Waals surface area contributed by atoms with Crippen molar-refractivity contribution in [2.45, 2.75) is 73.0 Å². The van der Waals surface area contributed by atoms with Crippen LogP contribution in [0.3, 0.4) is 0 Å². The van der Waals surface area contributed by atoms with Gasteiger partial charge in [-0.3, -0.25) is 9.69 Å². The van der Waals surface area contributed by atoms with Crippen LogP contribution in [0, 0.1) is 17.8 Å². The van der Waals surface area contributed by atoms with Crippen LogP contribution < -0.4 is 0 Å². The number of carbonyl (C=O) groups is 1. The summed E-state index contributed by atoms with van der Waals surface area (Å²) in [4.78, 5) is 14.1. The Hall–Kier alpha value is -0.393. The highest BCUT2D eigenvalue weighted by atomic mass is 28.3. The minimum atomic E-state index is -1.49. The minimum Gasteiger partial charge on any atom is -0.466 e. The summed E-state index contributed by atoms with van der Waals surface area (Å²) >= 11 is 0. The third kappa shape index (κ3) is 7.79. The fraction of sp³-hybridized carbons (Fsp3) is 0.950. The largest absolute Gasteiger partial charge is 0.466 e. The molecule has 0 saturated carbocycles. The van der Waals surface area contributed by atoms with Crippen molar-refractivity contribution < 1.29 is 9.53 Å². The third-order valence-corrected chi connectivity index (χ3v) is 11.5. The fourth-order valence-corrected chi connectivity index (χ4v) is 11.5. The second-order valence-corrected chi connectivity index (χ2v) is 13.4. The molecule has 0 radical (unpaired) electrons. The first-order valence-electron chi connectivity index (χ1n) is 10.3. The molecule has 1 heterocycles. The number of carbonyl (C=O) groups excluding carboxylic acids is 1. The van der Waals surface area contributed by atoms with E-state index in [4.69, 9.17) is 4.74 Å². The number of hydrogen-bond donors (Lipinski definition) is 0. The van der Waals surface area contributed by atoms with Crippen molar-refractivity contribution in [2.24, 2.45) is 17.8 Å². The molecular weight excluding hydrogens is 328 g/mol. The minimum absolute atomic E-state index is 0.0593. The Labute approximate surface area is 157 Å². The van der Waals surface area contributed by atoms with Gasteiger partial charge in [-0.05, 0) is 42.8 Å². The van der Waals surface area contributed by atoms with Crippen LogP contribution in [0.1, 0.15) is 54.9 Å². The first-order chi connectivity index (χ1) is 11.7. The van der Waals surface area contributed by atoms with E-state index < -0.39 is 8.24 Å². The molecule has 1 aliphatic heterocycles. The highest BCUT2D eigenvalue weighted by Crippen LogP contribution is 2.36. The zero-order valence-electron chi connectivity index (χ0n) is 17.8. The summed E-state index contributed by atoms with van der Waals surface area (Å²) < 4.78 is 7.94. The van der Waals surface area contributed by atoms with Gasteiger partial charge in [0.2, 0.25) is 0 Å². The van der Waals surface area contributed by atoms with Crippen LogP contribution in [0.25, 0.3) is 0 Å². The number of hydrogen-bond acceptors (Lipinski definition) is 4. The van der Waals surface area contributed by atoms with E-state index in [0.717, 1.165) is 37.5 Å². The van der Waals surface area contributed by atoms with E-state index >= 15 is 0 Å². The molecule has 5 heteroatoms. The maximum atomic E-state index is 11.7. The van der Waals surface area contributed by atoms with Crippen molar-refractivity contribution >= 4 is 14.2 Å². The van der Waals surface area contributed by atoms with Crippen LogP contribution in [0.4, 0.5) is 0 Å². The smallest absolute Gasteiger partial charge is 0.307 e. The van der Waals surface area contributed by atoms with Crippen LogP contribution in [0.15, 0.2) is 0 Å². The summed E-state index contributed by atoms with van der Waals surface area (Å²) in [5.41, 5.74) is 0. The lowest BCUT2D eigenvalue weighted by molar-refractivity contribution is -0.143. The lowest BCUT2D eigenvalue weighted by Gasteiger charge is -2.43. The second kappa shape index (κ2) is 10.7. The average Bonchev–Trinajstić information content (AvgIpc) is 2.92. The Balaban J connectivity index is 2.79. The van der Waals surface area contributed by atoms with Gasteiger partial charge < -0.3 is 9.30 Å². The molecule has 0 aromatic rings. The predicted molar refractivity (Wildman–Crippen MR) is 109 cm³/mol. The lowest BCUT2D eigenvalue weighted by Crippen LogP contribution is -2.55. The fourth-order valence-electron chi connectivity index (χ4n) is 4.61. The molecule has 25 heavy (non-hydrogen) atoms. The van der Waals surface area contributed by atoms with Gasteiger partial charge in [-0.2, -0.15) is 0 Å². The van der Waals surface area contributed by atoms with E-state index in [9.17, 15) is 4.79 Å². The molecule has 0 atom stereocenters. The van der Waals surface area contributed by atoms with Crippen molar-refractivity contribution in [3.8, 4) is 0 Å². The molecule has 0 amide bonds. The van der Waals surface area contributed by atoms with Crippen LogP contribution in [-0.4, -0.2) is 56.6 Å². The van der Waals surface area contributed by atoms with Gasteiger partial charge in [-0.1, -0.05) is 41.5 Å². The highest BCUT2D eigenvalue weighted by Gasteiger charge is 2.43. The molecule has 0 N–H and O–H groups in total. The van der Waals surface area contributed by atoms with E-state index in [1.807, 2.05) is 6.92 Å². The molecule has 0 aromatic carbocycles. The lowest BCUT2D eigenvalue weighted by atomic mass is 10.2. The molecule has 1 aliphatic rings. The van der Waals surface area contributed by atoms with E-state index in [1.54, 1.807) is 0 Å². The van der Waals surface area contributed by atoms with Crippen LogP contribution in [0.5, 0.6) is 0 Å². The quantitative estimate of drug-likeness (QED) is 0.398. The molecule has 0 spiro atoms. The molecule has 0 aromatic heterocycles. The van der Waals surface area contributed by atoms with Crippen molar-refractivity contribution in [1.29, 1.82) is 0 Å². The van der Waals surface area contributed by atoms with Crippen molar-refractivity contribution in [1.82, 2.24) is 9.47 Å². The number of ether oxygens (including phenoxy) is 1. The maximum absolute atomic E-state index is 11.7. The standard InChI is InChI=1S/C20H42N2O2Si/c1-8-24-20(23)9-10-21-11-12-22(16-21)25(13-17(2)3,14-18(4)5)15-19(6)7/h17-19H,8-16H2,1-7H3. The molecule has 0 unspecified atom stereocenters. The highest BCUT2D eigenvalue weighted by molar-refractivity contribution is 6.77. The van der Waals surface area contributed by atoms with Gasteiger partial charge in [0.1, 0.15) is 8.24 Å². The Morgan fingerprint density at radius 3 is 1.92 bits per heavy atom. The van der Waals surface area contributed by atoms with Gasteiger partial charge in [0.15, 0.2) is 0 Å². The summed E-state index contributed by atoms with van der Waals surface area (Å²) in [6.07, 6.45) is 0.523. The third-order valence-electron chi connectivity index (χ3n) is 5.03. The van der Waals surface area contributed by atoms with Crippen molar-refractivity contribution in [3.05, 3.63) is 0 Å². The van der Waals surface area contributed by atoms with Crippen LogP contribution >= 0.6 is 0 Å². The van der Waals surface area contributed by atoms with Gasteiger partial charge >= 0.3 is 5.97 Å². The van der Waals surface area contributed by atoms with E-state index in [-0.39, 0.29) is 5.97 Å². The first kappa shape index (κ1) is 22.6. The SMILES string of the molecule is CCOC(=O)CCN1CCN([Si](CC(C)C)(CC(C)C)CC(C)C)C1. The average molecular weight is 371 g/mol. The molecule has 4 nitrogen and oxygen atoms in total. The van der Waals surface area contributed by atoms with Crippen LogP contribution in [0.2, 0.25) is 18.1 Å². The Morgan fingerprint density at radius 1 is 0.960 bits per heavy atom. The van der Waals surface area contributed by atoms with Gasteiger partial charge in [-0.15, -0.1) is 0 Å². The summed E-state index contributed by atoms with van der Waals surface area (Å²) in [6, 6.07) is 4.19. The van der Waals surface area contributed by atoms with Crippen molar-refractivity contribution in [2.75, 3.05) is 32.9 Å². The monoisotopic (exact) mass is 370 g/mol. The first-order valence-corrected chi connectivity index (χ1v) is 12.9. The van der Waals surface area contributed by atoms with E-state index in [1.165, 1.54) is 24.7 Å². The van der Waals surface area contributed by atoms with Crippen molar-refractivity contribution in [3.63, 3.8) is 0 Å². The molecule has 1 saturated heterocycles. The zero-order chi connectivity index (χ0) is 19.0. The molecule has 1 rings (SSSR count). The van der Waals surface area contributed by atoms with Gasteiger partial charge in [0, 0.05) is 26.3 Å². The van der Waals surface area contributed by atoms with Gasteiger partial charge in [0.05, 0.1) is 13.0 Å². The van der Waals surface area contributed by atoms with Gasteiger partial charge in [0.25, 0.3) is 0 Å². The Kier molecular flexibility index (Phi) is 9.68. The summed E-state index contributed by atoms with van der Waals surface area (Å²) in [6.45, 7) is 20.8. The van der Waals surface area contributed by atoms with Gasteiger partial charge in [-0.25, -0.2) is 0 Å². The molecule has 148 valence electrons. The predicted octanol–water partition coefficient (Wildman–Crippen LogP) is 4.43. The Bertz CT molecular complexity index is 373. The Morgan fingerprint density at radius 2 is 1.48 bits per heavy atom. The zero-order valence-corrected chi connectivity index (χ0v) is 18.8. The number of rotatable bonds is 11. The number of nitrogens with zero attached hydrogens (tertiary/aromatic N) is 2. The molecule has 1 fully saturated rings. The van der Waals surface area contributed by atoms with E-state index in [2.05, 4.69) is 51.0 Å². The summed E-state index contributed by atoms with van der Waals surface area (Å²) in [5, 5.41) is 0. The normalized spacial score (nSPS) is 17.2. The molecule has 0 bridgehead atoms. The summed E-state index contributed by atoms with van der Waals surface area (Å²) in [5.74, 6) is 2.23. The number of esters is 1. The molecular formula is C20H42N2O2Si. The van der Waals surface area contributed by atoms with Crippen LogP contribution in [-0.2, 0) is 9.53 Å². The van der Waals surface area contributed by atoms with E-state index in [0.29, 0.717) is 13.0 Å². The molecule has 0 aliphatic carbocycles. The maximum Gasteiger partial charge on any atom is 0.307 e. The summed E-state index contributed by atoms with van der Waals surface area (Å²) in [7, 11) is -1.49.